The Bertz CT molecular complexity index is 644. The maximum Gasteiger partial charge on any atom is 0.214 e. The summed E-state index contributed by atoms with van der Waals surface area (Å²) in [7, 11) is 0. The van der Waals surface area contributed by atoms with Crippen LogP contribution < -0.4 is 10.5 Å². The Balaban J connectivity index is 2.18. The number of oxime groups is 1. The van der Waals surface area contributed by atoms with E-state index in [4.69, 9.17) is 15.7 Å². The number of amidine groups is 1. The molecule has 0 radical (unpaired) electrons. The molecule has 0 amide bonds. The molecule has 5 nitrogen and oxygen atoms in total. The number of rotatable bonds is 4. The largest absolute Gasteiger partial charge is 0.473 e. The molecule has 0 unspecified atom stereocenters. The zero-order valence-electron chi connectivity index (χ0n) is 10.9. The molecule has 2 rings (SSSR count). The van der Waals surface area contributed by atoms with Crippen molar-refractivity contribution in [2.45, 2.75) is 13.5 Å². The Kier molecular flexibility index (Phi) is 4.14. The fourth-order valence-electron chi connectivity index (χ4n) is 1.68. The predicted octanol–water partition coefficient (Wildman–Crippen LogP) is 2.20. The first-order valence-corrected chi connectivity index (χ1v) is 5.93. The van der Waals surface area contributed by atoms with E-state index in [2.05, 4.69) is 10.1 Å². The second-order valence-corrected chi connectivity index (χ2v) is 4.20. The van der Waals surface area contributed by atoms with Gasteiger partial charge in [0.25, 0.3) is 0 Å². The molecule has 0 spiro atoms. The average Bonchev–Trinajstić information content (AvgIpc) is 2.45. The Morgan fingerprint density at radius 3 is 2.85 bits per heavy atom. The molecular weight excluding hydrogens is 261 g/mol. The van der Waals surface area contributed by atoms with Crippen LogP contribution in [0.4, 0.5) is 4.39 Å². The van der Waals surface area contributed by atoms with Crippen molar-refractivity contribution in [1.82, 2.24) is 4.98 Å². The number of aryl methyl sites for hydroxylation is 1. The van der Waals surface area contributed by atoms with Crippen molar-refractivity contribution in [2.75, 3.05) is 0 Å². The van der Waals surface area contributed by atoms with E-state index in [0.717, 1.165) is 0 Å². The van der Waals surface area contributed by atoms with Crippen molar-refractivity contribution in [3.05, 3.63) is 59.0 Å². The first kappa shape index (κ1) is 13.8. The van der Waals surface area contributed by atoms with Crippen LogP contribution in [-0.4, -0.2) is 16.0 Å². The summed E-state index contributed by atoms with van der Waals surface area (Å²) >= 11 is 0. The highest BCUT2D eigenvalue weighted by Crippen LogP contribution is 2.15. The molecule has 1 aromatic carbocycles. The van der Waals surface area contributed by atoms with Gasteiger partial charge in [-0.25, -0.2) is 9.37 Å². The van der Waals surface area contributed by atoms with Gasteiger partial charge in [0.05, 0.1) is 0 Å². The second kappa shape index (κ2) is 6.01. The van der Waals surface area contributed by atoms with Crippen molar-refractivity contribution in [3.8, 4) is 5.88 Å². The Hall–Kier alpha value is -2.63. The molecule has 104 valence electrons. The van der Waals surface area contributed by atoms with E-state index in [9.17, 15) is 4.39 Å². The summed E-state index contributed by atoms with van der Waals surface area (Å²) in [6.45, 7) is 1.81. The van der Waals surface area contributed by atoms with Crippen LogP contribution in [0.3, 0.4) is 0 Å². The van der Waals surface area contributed by atoms with E-state index in [0.29, 0.717) is 16.8 Å². The lowest BCUT2D eigenvalue weighted by molar-refractivity contribution is 0.287. The minimum Gasteiger partial charge on any atom is -0.473 e. The monoisotopic (exact) mass is 275 g/mol. The van der Waals surface area contributed by atoms with Gasteiger partial charge in [0.2, 0.25) is 5.88 Å². The van der Waals surface area contributed by atoms with E-state index in [-0.39, 0.29) is 24.1 Å². The standard InChI is InChI=1S/C14H14FN3O2/c1-9-6-11(14(16)18-19)7-13(17-9)20-8-10-4-2-3-5-12(10)15/h2-7,19H,8H2,1H3,(H2,16,18). The number of nitrogens with zero attached hydrogens (tertiary/aromatic N) is 2. The summed E-state index contributed by atoms with van der Waals surface area (Å²) in [4.78, 5) is 4.16. The van der Waals surface area contributed by atoms with Crippen LogP contribution in [0.1, 0.15) is 16.8 Å². The van der Waals surface area contributed by atoms with Crippen LogP contribution in [0.2, 0.25) is 0 Å². The summed E-state index contributed by atoms with van der Waals surface area (Å²) < 4.78 is 18.9. The van der Waals surface area contributed by atoms with Gasteiger partial charge in [-0.1, -0.05) is 23.4 Å². The number of hydrogen-bond donors (Lipinski definition) is 2. The fourth-order valence-corrected chi connectivity index (χ4v) is 1.68. The third-order valence-electron chi connectivity index (χ3n) is 2.67. The number of benzene rings is 1. The van der Waals surface area contributed by atoms with Crippen molar-refractivity contribution in [2.24, 2.45) is 10.9 Å². The minimum atomic E-state index is -0.336. The van der Waals surface area contributed by atoms with E-state index >= 15 is 0 Å². The molecule has 0 saturated carbocycles. The van der Waals surface area contributed by atoms with E-state index in [1.807, 2.05) is 0 Å². The minimum absolute atomic E-state index is 0.0359. The molecule has 0 saturated heterocycles. The predicted molar refractivity (Wildman–Crippen MR) is 72.2 cm³/mol. The van der Waals surface area contributed by atoms with Gasteiger partial charge in [-0.2, -0.15) is 0 Å². The quantitative estimate of drug-likeness (QED) is 0.388. The molecule has 6 heteroatoms. The lowest BCUT2D eigenvalue weighted by atomic mass is 10.2. The van der Waals surface area contributed by atoms with Gasteiger partial charge in [0, 0.05) is 22.9 Å². The van der Waals surface area contributed by atoms with Gasteiger partial charge in [0.15, 0.2) is 5.84 Å². The summed E-state index contributed by atoms with van der Waals surface area (Å²) in [5.74, 6) is -0.0853. The Morgan fingerprint density at radius 1 is 1.40 bits per heavy atom. The molecule has 0 aliphatic heterocycles. The lowest BCUT2D eigenvalue weighted by Crippen LogP contribution is -2.14. The number of halogens is 1. The van der Waals surface area contributed by atoms with E-state index < -0.39 is 0 Å². The summed E-state index contributed by atoms with van der Waals surface area (Å²) in [6, 6.07) is 9.53. The van der Waals surface area contributed by atoms with Crippen molar-refractivity contribution in [1.29, 1.82) is 0 Å². The highest BCUT2D eigenvalue weighted by Gasteiger charge is 2.07. The molecule has 20 heavy (non-hydrogen) atoms. The number of aromatic nitrogens is 1. The molecule has 0 atom stereocenters. The first-order valence-electron chi connectivity index (χ1n) is 5.93. The summed E-state index contributed by atoms with van der Waals surface area (Å²) in [5.41, 5.74) is 7.09. The van der Waals surface area contributed by atoms with Crippen molar-refractivity contribution in [3.63, 3.8) is 0 Å². The molecule has 1 aromatic heterocycles. The smallest absolute Gasteiger partial charge is 0.214 e. The number of hydrogen-bond acceptors (Lipinski definition) is 4. The van der Waals surface area contributed by atoms with E-state index in [1.165, 1.54) is 12.1 Å². The van der Waals surface area contributed by atoms with Crippen molar-refractivity contribution >= 4 is 5.84 Å². The van der Waals surface area contributed by atoms with Gasteiger partial charge in [-0.3, -0.25) is 0 Å². The molecule has 0 aliphatic rings. The third-order valence-corrected chi connectivity index (χ3v) is 2.67. The maximum atomic E-state index is 13.5. The van der Waals surface area contributed by atoms with Gasteiger partial charge >= 0.3 is 0 Å². The van der Waals surface area contributed by atoms with Gasteiger partial charge in [-0.15, -0.1) is 0 Å². The highest BCUT2D eigenvalue weighted by molar-refractivity contribution is 5.97. The SMILES string of the molecule is Cc1cc(/C(N)=N/O)cc(OCc2ccccc2F)n1. The van der Waals surface area contributed by atoms with Gasteiger partial charge in [-0.05, 0) is 19.1 Å². The van der Waals surface area contributed by atoms with Crippen LogP contribution in [0.15, 0.2) is 41.6 Å². The normalized spacial score (nSPS) is 11.4. The summed E-state index contributed by atoms with van der Waals surface area (Å²) in [6.07, 6.45) is 0. The summed E-state index contributed by atoms with van der Waals surface area (Å²) in [5, 5.41) is 11.6. The van der Waals surface area contributed by atoms with Crippen LogP contribution in [-0.2, 0) is 6.61 Å². The van der Waals surface area contributed by atoms with Crippen LogP contribution in [0, 0.1) is 12.7 Å². The first-order chi connectivity index (χ1) is 9.60. The molecule has 0 fully saturated rings. The average molecular weight is 275 g/mol. The number of nitrogens with two attached hydrogens (primary N) is 1. The number of pyridine rings is 1. The highest BCUT2D eigenvalue weighted by atomic mass is 19.1. The molecule has 3 N–H and O–H groups in total. The maximum absolute atomic E-state index is 13.5. The lowest BCUT2D eigenvalue weighted by Gasteiger charge is -2.08. The fraction of sp³-hybridized carbons (Fsp3) is 0.143. The second-order valence-electron chi connectivity index (χ2n) is 4.20. The molecular formula is C14H14FN3O2. The molecule has 0 bridgehead atoms. The van der Waals surface area contributed by atoms with Crippen LogP contribution >= 0.6 is 0 Å². The van der Waals surface area contributed by atoms with Crippen LogP contribution in [0.5, 0.6) is 5.88 Å². The molecule has 2 aromatic rings. The van der Waals surface area contributed by atoms with Crippen molar-refractivity contribution < 1.29 is 14.3 Å². The number of ether oxygens (including phenoxy) is 1. The van der Waals surface area contributed by atoms with Gasteiger partial charge < -0.3 is 15.7 Å². The molecule has 0 aliphatic carbocycles. The van der Waals surface area contributed by atoms with Crippen LogP contribution in [0.25, 0.3) is 0 Å². The zero-order chi connectivity index (χ0) is 14.5. The Morgan fingerprint density at radius 2 is 2.15 bits per heavy atom. The Labute approximate surface area is 115 Å². The van der Waals surface area contributed by atoms with Gasteiger partial charge in [0.1, 0.15) is 12.4 Å². The van der Waals surface area contributed by atoms with E-state index in [1.54, 1.807) is 31.2 Å². The third kappa shape index (κ3) is 3.23. The molecule has 1 heterocycles. The zero-order valence-corrected chi connectivity index (χ0v) is 10.9. The topological polar surface area (TPSA) is 80.7 Å².